The van der Waals surface area contributed by atoms with Crippen LogP contribution < -0.4 is 11.1 Å². The van der Waals surface area contributed by atoms with Crippen LogP contribution in [0, 0.1) is 6.92 Å². The molecule has 0 spiro atoms. The van der Waals surface area contributed by atoms with Crippen LogP contribution in [0.15, 0.2) is 35.1 Å². The molecule has 2 heterocycles. The van der Waals surface area contributed by atoms with E-state index < -0.39 is 0 Å². The summed E-state index contributed by atoms with van der Waals surface area (Å²) in [5.41, 5.74) is 13.2. The molecule has 140 valence electrons. The van der Waals surface area contributed by atoms with Crippen molar-refractivity contribution < 1.29 is 4.74 Å². The molecule has 1 saturated heterocycles. The summed E-state index contributed by atoms with van der Waals surface area (Å²) < 4.78 is 5.54. The number of ether oxygens (including phenoxy) is 1. The SMILES string of the molecule is CN=CC(=CN)c1ccc(C2=C(NC3CCOC3)CCN(C)C2)c(C)c1. The van der Waals surface area contributed by atoms with Crippen molar-refractivity contribution in [2.45, 2.75) is 25.8 Å². The van der Waals surface area contributed by atoms with Gasteiger partial charge in [-0.3, -0.25) is 4.99 Å². The molecular formula is C21H30N4O. The Hall–Kier alpha value is -2.11. The van der Waals surface area contributed by atoms with E-state index in [1.807, 2.05) is 0 Å². The third kappa shape index (κ3) is 4.17. The van der Waals surface area contributed by atoms with Crippen molar-refractivity contribution in [2.75, 3.05) is 40.4 Å². The first-order valence-electron chi connectivity index (χ1n) is 9.32. The lowest BCUT2D eigenvalue weighted by molar-refractivity contribution is 0.191. The van der Waals surface area contributed by atoms with Crippen molar-refractivity contribution in [1.82, 2.24) is 10.2 Å². The number of aryl methyl sites for hydroxylation is 1. The number of allylic oxidation sites excluding steroid dienone is 1. The van der Waals surface area contributed by atoms with Gasteiger partial charge in [-0.05, 0) is 42.7 Å². The highest BCUT2D eigenvalue weighted by Gasteiger charge is 2.23. The summed E-state index contributed by atoms with van der Waals surface area (Å²) in [4.78, 5) is 6.48. The second-order valence-electron chi connectivity index (χ2n) is 7.19. The van der Waals surface area contributed by atoms with Crippen LogP contribution in [0.3, 0.4) is 0 Å². The van der Waals surface area contributed by atoms with Gasteiger partial charge in [0.2, 0.25) is 0 Å². The highest BCUT2D eigenvalue weighted by molar-refractivity contribution is 6.09. The number of hydrogen-bond acceptors (Lipinski definition) is 5. The Kier molecular flexibility index (Phi) is 6.12. The fraction of sp³-hybridized carbons (Fsp3) is 0.476. The molecule has 0 amide bonds. The lowest BCUT2D eigenvalue weighted by Crippen LogP contribution is -2.36. The molecule has 2 aliphatic rings. The lowest BCUT2D eigenvalue weighted by Gasteiger charge is -2.31. The van der Waals surface area contributed by atoms with Gasteiger partial charge >= 0.3 is 0 Å². The molecule has 3 rings (SSSR count). The standard InChI is InChI=1S/C21H30N4O/c1-15-10-16(17(11-22)12-23-2)4-5-19(15)20-13-25(3)8-6-21(20)24-18-7-9-26-14-18/h4-5,10-12,18,24H,6-9,13-14,22H2,1-3H3. The third-order valence-electron chi connectivity index (χ3n) is 5.18. The molecule has 1 atom stereocenters. The van der Waals surface area contributed by atoms with E-state index in [9.17, 15) is 0 Å². The average Bonchev–Trinajstić information content (AvgIpc) is 3.14. The zero-order valence-corrected chi connectivity index (χ0v) is 16.1. The fourth-order valence-electron chi connectivity index (χ4n) is 3.73. The van der Waals surface area contributed by atoms with E-state index in [2.05, 4.69) is 47.4 Å². The molecule has 0 aliphatic carbocycles. The smallest absolute Gasteiger partial charge is 0.0668 e. The van der Waals surface area contributed by atoms with E-state index in [1.165, 1.54) is 22.4 Å². The second-order valence-corrected chi connectivity index (χ2v) is 7.19. The molecule has 0 saturated carbocycles. The topological polar surface area (TPSA) is 62.9 Å². The van der Waals surface area contributed by atoms with Crippen molar-refractivity contribution in [2.24, 2.45) is 10.7 Å². The lowest BCUT2D eigenvalue weighted by atomic mass is 9.92. The first-order valence-corrected chi connectivity index (χ1v) is 9.32. The van der Waals surface area contributed by atoms with Gasteiger partial charge in [-0.2, -0.15) is 0 Å². The number of nitrogens with two attached hydrogens (primary N) is 1. The number of aliphatic imine (C=N–C) groups is 1. The number of likely N-dealkylation sites (N-methyl/N-ethyl adjacent to an activating group) is 1. The fourth-order valence-corrected chi connectivity index (χ4v) is 3.73. The molecule has 0 bridgehead atoms. The molecular weight excluding hydrogens is 324 g/mol. The Morgan fingerprint density at radius 1 is 1.42 bits per heavy atom. The number of rotatable bonds is 5. The van der Waals surface area contributed by atoms with Crippen LogP contribution in [0.1, 0.15) is 29.5 Å². The minimum absolute atomic E-state index is 0.440. The Labute approximate surface area is 156 Å². The zero-order chi connectivity index (χ0) is 18.5. The molecule has 1 unspecified atom stereocenters. The van der Waals surface area contributed by atoms with E-state index in [4.69, 9.17) is 10.5 Å². The molecule has 3 N–H and O–H groups in total. The summed E-state index contributed by atoms with van der Waals surface area (Å²) in [7, 11) is 3.95. The minimum atomic E-state index is 0.440. The third-order valence-corrected chi connectivity index (χ3v) is 5.18. The van der Waals surface area contributed by atoms with Gasteiger partial charge in [0.15, 0.2) is 0 Å². The van der Waals surface area contributed by atoms with E-state index in [0.29, 0.717) is 6.04 Å². The van der Waals surface area contributed by atoms with Crippen LogP contribution in [-0.2, 0) is 4.74 Å². The van der Waals surface area contributed by atoms with Crippen LogP contribution in [0.4, 0.5) is 0 Å². The molecule has 1 aromatic carbocycles. The summed E-state index contributed by atoms with van der Waals surface area (Å²) in [6.45, 7) is 5.90. The van der Waals surface area contributed by atoms with Gasteiger partial charge in [0.1, 0.15) is 0 Å². The normalized spacial score (nSPS) is 22.4. The molecule has 2 aliphatic heterocycles. The van der Waals surface area contributed by atoms with Crippen LogP contribution >= 0.6 is 0 Å². The molecule has 0 aromatic heterocycles. The Morgan fingerprint density at radius 2 is 2.27 bits per heavy atom. The van der Waals surface area contributed by atoms with Crippen molar-refractivity contribution in [3.05, 3.63) is 46.8 Å². The zero-order valence-electron chi connectivity index (χ0n) is 16.1. The summed E-state index contributed by atoms with van der Waals surface area (Å²) in [6.07, 6.45) is 5.56. The molecule has 1 aromatic rings. The molecule has 1 fully saturated rings. The number of nitrogens with zero attached hydrogens (tertiary/aromatic N) is 2. The quantitative estimate of drug-likeness (QED) is 0.797. The highest BCUT2D eigenvalue weighted by atomic mass is 16.5. The number of hydrogen-bond donors (Lipinski definition) is 2. The first-order chi connectivity index (χ1) is 12.6. The predicted octanol–water partition coefficient (Wildman–Crippen LogP) is 2.42. The van der Waals surface area contributed by atoms with E-state index >= 15 is 0 Å². The van der Waals surface area contributed by atoms with Crippen molar-refractivity contribution in [1.29, 1.82) is 0 Å². The van der Waals surface area contributed by atoms with Gasteiger partial charge < -0.3 is 20.7 Å². The molecule has 5 nitrogen and oxygen atoms in total. The van der Waals surface area contributed by atoms with Crippen LogP contribution in [0.25, 0.3) is 11.1 Å². The Balaban J connectivity index is 1.94. The molecule has 5 heteroatoms. The summed E-state index contributed by atoms with van der Waals surface area (Å²) in [6, 6.07) is 7.00. The highest BCUT2D eigenvalue weighted by Crippen LogP contribution is 2.29. The van der Waals surface area contributed by atoms with E-state index in [0.717, 1.165) is 50.3 Å². The summed E-state index contributed by atoms with van der Waals surface area (Å²) in [5.74, 6) is 0. The van der Waals surface area contributed by atoms with E-state index in [1.54, 1.807) is 19.5 Å². The van der Waals surface area contributed by atoms with Gasteiger partial charge in [0, 0.05) is 56.8 Å². The average molecular weight is 354 g/mol. The van der Waals surface area contributed by atoms with Crippen LogP contribution in [0.2, 0.25) is 0 Å². The number of nitrogens with one attached hydrogen (secondary N) is 1. The van der Waals surface area contributed by atoms with Crippen LogP contribution in [0.5, 0.6) is 0 Å². The monoisotopic (exact) mass is 354 g/mol. The van der Waals surface area contributed by atoms with Gasteiger partial charge in [-0.25, -0.2) is 0 Å². The summed E-state index contributed by atoms with van der Waals surface area (Å²) >= 11 is 0. The minimum Gasteiger partial charge on any atom is -0.404 e. The predicted molar refractivity (Wildman–Crippen MR) is 109 cm³/mol. The van der Waals surface area contributed by atoms with Gasteiger partial charge in [0.25, 0.3) is 0 Å². The first kappa shape index (κ1) is 18.7. The maximum Gasteiger partial charge on any atom is 0.0668 e. The maximum absolute atomic E-state index is 5.76. The van der Waals surface area contributed by atoms with Crippen molar-refractivity contribution >= 4 is 17.4 Å². The Morgan fingerprint density at radius 3 is 2.92 bits per heavy atom. The second kappa shape index (κ2) is 8.52. The maximum atomic E-state index is 5.76. The van der Waals surface area contributed by atoms with Gasteiger partial charge in [0.05, 0.1) is 12.6 Å². The van der Waals surface area contributed by atoms with Crippen molar-refractivity contribution in [3.8, 4) is 0 Å². The number of benzene rings is 1. The largest absolute Gasteiger partial charge is 0.404 e. The summed E-state index contributed by atoms with van der Waals surface area (Å²) in [5, 5.41) is 3.76. The van der Waals surface area contributed by atoms with E-state index in [-0.39, 0.29) is 0 Å². The molecule has 0 radical (unpaired) electrons. The van der Waals surface area contributed by atoms with Crippen molar-refractivity contribution in [3.63, 3.8) is 0 Å². The Bertz CT molecular complexity index is 730. The van der Waals surface area contributed by atoms with Crippen LogP contribution in [-0.4, -0.2) is 57.6 Å². The van der Waals surface area contributed by atoms with Gasteiger partial charge in [-0.1, -0.05) is 18.2 Å². The molecule has 26 heavy (non-hydrogen) atoms. The van der Waals surface area contributed by atoms with Gasteiger partial charge in [-0.15, -0.1) is 0 Å².